The van der Waals surface area contributed by atoms with Crippen LogP contribution in [0.3, 0.4) is 0 Å². The molecule has 0 rings (SSSR count). The molecule has 0 aliphatic carbocycles. The van der Waals surface area contributed by atoms with Crippen LogP contribution in [0.1, 0.15) is 79.1 Å². The number of rotatable bonds is 9. The zero-order chi connectivity index (χ0) is 14.2. The Kier molecular flexibility index (Phi) is 17.6. The van der Waals surface area contributed by atoms with Gasteiger partial charge in [0.2, 0.25) is 0 Å². The van der Waals surface area contributed by atoms with E-state index in [4.69, 9.17) is 0 Å². The van der Waals surface area contributed by atoms with E-state index in [9.17, 15) is 4.79 Å². The second kappa shape index (κ2) is 16.2. The van der Waals surface area contributed by atoms with Crippen LogP contribution < -0.4 is 0 Å². The van der Waals surface area contributed by atoms with E-state index in [1.165, 1.54) is 51.4 Å². The summed E-state index contributed by atoms with van der Waals surface area (Å²) in [5, 5.41) is 0. The van der Waals surface area contributed by atoms with Crippen molar-refractivity contribution in [1.29, 1.82) is 0 Å². The van der Waals surface area contributed by atoms with Gasteiger partial charge in [-0.1, -0.05) is 71.8 Å². The molecule has 0 unspecified atom stereocenters. The summed E-state index contributed by atoms with van der Waals surface area (Å²) in [7, 11) is 0. The summed E-state index contributed by atoms with van der Waals surface area (Å²) in [5.74, 6) is -0.312. The molecule has 0 bridgehead atoms. The molecule has 0 aromatic heterocycles. The highest BCUT2D eigenvalue weighted by atomic mass is 16.5. The van der Waals surface area contributed by atoms with Crippen LogP contribution in [-0.2, 0) is 9.53 Å². The normalized spacial score (nSPS) is 9.33. The van der Waals surface area contributed by atoms with Crippen molar-refractivity contribution in [3.8, 4) is 0 Å². The number of unbranched alkanes of at least 4 members (excludes halogenated alkanes) is 7. The lowest BCUT2D eigenvalue weighted by Gasteiger charge is -1.97. The molecule has 18 heavy (non-hydrogen) atoms. The minimum Gasteiger partial charge on any atom is -0.463 e. The Labute approximate surface area is 114 Å². The van der Waals surface area contributed by atoms with E-state index in [1.54, 1.807) is 13.8 Å². The number of carbonyl (C=O) groups is 1. The van der Waals surface area contributed by atoms with Gasteiger partial charge in [-0.3, -0.25) is 0 Å². The first-order valence-corrected chi connectivity index (χ1v) is 7.42. The lowest BCUT2D eigenvalue weighted by Crippen LogP contribution is -2.03. The first kappa shape index (κ1) is 19.5. The van der Waals surface area contributed by atoms with E-state index in [2.05, 4.69) is 25.2 Å². The molecule has 0 spiro atoms. The van der Waals surface area contributed by atoms with E-state index in [0.29, 0.717) is 12.2 Å². The van der Waals surface area contributed by atoms with E-state index in [-0.39, 0.29) is 5.97 Å². The van der Waals surface area contributed by atoms with Gasteiger partial charge in [-0.2, -0.15) is 0 Å². The van der Waals surface area contributed by atoms with Crippen LogP contribution in [0.4, 0.5) is 0 Å². The van der Waals surface area contributed by atoms with Crippen LogP contribution in [0.2, 0.25) is 0 Å². The van der Waals surface area contributed by atoms with Crippen molar-refractivity contribution in [2.75, 3.05) is 6.61 Å². The number of hydrogen-bond acceptors (Lipinski definition) is 2. The van der Waals surface area contributed by atoms with Crippen LogP contribution >= 0.6 is 0 Å². The first-order valence-electron chi connectivity index (χ1n) is 7.42. The highest BCUT2D eigenvalue weighted by Gasteiger charge is 1.98. The van der Waals surface area contributed by atoms with Gasteiger partial charge in [-0.15, -0.1) is 0 Å². The average Bonchev–Trinajstić information content (AvgIpc) is 2.35. The topological polar surface area (TPSA) is 26.3 Å². The van der Waals surface area contributed by atoms with Crippen molar-refractivity contribution in [2.45, 2.75) is 79.1 Å². The Balaban J connectivity index is 0. The Morgan fingerprint density at radius 2 is 1.28 bits per heavy atom. The molecule has 0 radical (unpaired) electrons. The molecule has 0 aliphatic heterocycles. The maximum atomic E-state index is 10.4. The van der Waals surface area contributed by atoms with E-state index in [0.717, 1.165) is 0 Å². The monoisotopic (exact) mass is 256 g/mol. The van der Waals surface area contributed by atoms with Gasteiger partial charge in [-0.05, 0) is 13.8 Å². The van der Waals surface area contributed by atoms with Crippen LogP contribution in [0.5, 0.6) is 0 Å². The van der Waals surface area contributed by atoms with E-state index < -0.39 is 0 Å². The van der Waals surface area contributed by atoms with Gasteiger partial charge >= 0.3 is 5.97 Å². The van der Waals surface area contributed by atoms with Gasteiger partial charge in [0.25, 0.3) is 0 Å². The predicted molar refractivity (Wildman–Crippen MR) is 79.7 cm³/mol. The lowest BCUT2D eigenvalue weighted by atomic mass is 10.1. The van der Waals surface area contributed by atoms with Crippen molar-refractivity contribution in [3.05, 3.63) is 12.2 Å². The second-order valence-corrected chi connectivity index (χ2v) is 4.62. The fraction of sp³-hybridized carbons (Fsp3) is 0.812. The maximum absolute atomic E-state index is 10.4. The van der Waals surface area contributed by atoms with E-state index in [1.807, 2.05) is 0 Å². The SMILES string of the molecule is C=C(C)C(=O)OCC.CCCCCCCCCC. The first-order chi connectivity index (χ1) is 8.59. The zero-order valence-electron chi connectivity index (χ0n) is 12.9. The minimum absolute atomic E-state index is 0.312. The van der Waals surface area contributed by atoms with Crippen LogP contribution in [0.15, 0.2) is 12.2 Å². The van der Waals surface area contributed by atoms with Gasteiger partial charge in [0.15, 0.2) is 0 Å². The molecule has 0 aromatic rings. The lowest BCUT2D eigenvalue weighted by molar-refractivity contribution is -0.138. The van der Waals surface area contributed by atoms with Crippen molar-refractivity contribution in [2.24, 2.45) is 0 Å². The second-order valence-electron chi connectivity index (χ2n) is 4.62. The summed E-state index contributed by atoms with van der Waals surface area (Å²) in [6, 6.07) is 0. The Morgan fingerprint density at radius 3 is 1.50 bits per heavy atom. The molecule has 0 atom stereocenters. The molecule has 0 saturated heterocycles. The summed E-state index contributed by atoms with van der Waals surface area (Å²) in [6.45, 7) is 11.7. The summed E-state index contributed by atoms with van der Waals surface area (Å²) in [5.41, 5.74) is 0.451. The third kappa shape index (κ3) is 17.6. The largest absolute Gasteiger partial charge is 0.463 e. The molecule has 0 aliphatic rings. The quantitative estimate of drug-likeness (QED) is 0.319. The van der Waals surface area contributed by atoms with Gasteiger partial charge < -0.3 is 4.74 Å². The number of esters is 1. The van der Waals surface area contributed by atoms with Gasteiger partial charge in [0, 0.05) is 5.57 Å². The summed E-state index contributed by atoms with van der Waals surface area (Å²) in [6.07, 6.45) is 11.5. The Hall–Kier alpha value is -0.790. The number of hydrogen-bond donors (Lipinski definition) is 0. The fourth-order valence-electron chi connectivity index (χ4n) is 1.46. The molecular weight excluding hydrogens is 224 g/mol. The molecule has 108 valence electrons. The maximum Gasteiger partial charge on any atom is 0.333 e. The van der Waals surface area contributed by atoms with Crippen LogP contribution in [0.25, 0.3) is 0 Å². The van der Waals surface area contributed by atoms with Crippen LogP contribution in [-0.4, -0.2) is 12.6 Å². The minimum atomic E-state index is -0.312. The van der Waals surface area contributed by atoms with Crippen LogP contribution in [0, 0.1) is 0 Å². The van der Waals surface area contributed by atoms with Gasteiger partial charge in [0.1, 0.15) is 0 Å². The number of ether oxygens (including phenoxy) is 1. The molecule has 0 amide bonds. The molecule has 0 N–H and O–H groups in total. The summed E-state index contributed by atoms with van der Waals surface area (Å²) in [4.78, 5) is 10.4. The van der Waals surface area contributed by atoms with Crippen molar-refractivity contribution in [1.82, 2.24) is 0 Å². The molecule has 0 heterocycles. The summed E-state index contributed by atoms with van der Waals surface area (Å²) < 4.78 is 4.56. The third-order valence-corrected chi connectivity index (χ3v) is 2.58. The van der Waals surface area contributed by atoms with E-state index >= 15 is 0 Å². The standard InChI is InChI=1S/C10H22.C6H10O2/c1-3-5-7-9-10-8-6-4-2;1-4-8-6(7)5(2)3/h3-10H2,1-2H3;2,4H2,1,3H3. The van der Waals surface area contributed by atoms with Gasteiger partial charge in [0.05, 0.1) is 6.61 Å². The highest BCUT2D eigenvalue weighted by Crippen LogP contribution is 2.07. The summed E-state index contributed by atoms with van der Waals surface area (Å²) >= 11 is 0. The molecular formula is C16H32O2. The average molecular weight is 256 g/mol. The predicted octanol–water partition coefficient (Wildman–Crippen LogP) is 5.27. The highest BCUT2D eigenvalue weighted by molar-refractivity contribution is 5.86. The zero-order valence-corrected chi connectivity index (χ0v) is 12.9. The Morgan fingerprint density at radius 1 is 0.889 bits per heavy atom. The molecule has 2 heteroatoms. The van der Waals surface area contributed by atoms with Crippen molar-refractivity contribution < 1.29 is 9.53 Å². The fourth-order valence-corrected chi connectivity index (χ4v) is 1.46. The number of carbonyl (C=O) groups excluding carboxylic acids is 1. The molecule has 0 aromatic carbocycles. The molecule has 2 nitrogen and oxygen atoms in total. The van der Waals surface area contributed by atoms with Crippen molar-refractivity contribution >= 4 is 5.97 Å². The smallest absolute Gasteiger partial charge is 0.333 e. The van der Waals surface area contributed by atoms with Gasteiger partial charge in [-0.25, -0.2) is 4.79 Å². The van der Waals surface area contributed by atoms with Crippen molar-refractivity contribution in [3.63, 3.8) is 0 Å². The third-order valence-electron chi connectivity index (χ3n) is 2.58. The molecule has 0 saturated carbocycles. The Bertz CT molecular complexity index is 189. The molecule has 0 fully saturated rings.